The molecule has 0 fully saturated rings. The SMILES string of the molecule is Cc1cc(C)c(NC(=O)CSc2cccc[n+]2[O-])c(Cl)c1. The van der Waals surface area contributed by atoms with E-state index in [1.165, 1.54) is 18.0 Å². The van der Waals surface area contributed by atoms with E-state index >= 15 is 0 Å². The number of nitrogens with one attached hydrogen (secondary N) is 1. The molecule has 0 aliphatic rings. The van der Waals surface area contributed by atoms with Crippen LogP contribution in [0.3, 0.4) is 0 Å². The first kappa shape index (κ1) is 15.7. The van der Waals surface area contributed by atoms with E-state index in [0.717, 1.165) is 15.9 Å². The monoisotopic (exact) mass is 322 g/mol. The Balaban J connectivity index is 2.01. The number of aromatic nitrogens is 1. The van der Waals surface area contributed by atoms with Crippen molar-refractivity contribution >= 4 is 35.0 Å². The second-order valence-corrected chi connectivity index (χ2v) is 6.04. The van der Waals surface area contributed by atoms with Crippen molar-refractivity contribution in [2.45, 2.75) is 18.9 Å². The first-order chi connectivity index (χ1) is 9.97. The molecule has 1 aromatic carbocycles. The third kappa shape index (κ3) is 4.12. The number of hydrogen-bond donors (Lipinski definition) is 1. The summed E-state index contributed by atoms with van der Waals surface area (Å²) in [6.45, 7) is 3.84. The maximum absolute atomic E-state index is 12.0. The standard InChI is InChI=1S/C15H15ClN2O2S/c1-10-7-11(2)15(12(16)8-10)17-13(19)9-21-14-5-3-4-6-18(14)20/h3-8H,9H2,1-2H3,(H,17,19). The first-order valence-electron chi connectivity index (χ1n) is 6.35. The summed E-state index contributed by atoms with van der Waals surface area (Å²) in [5, 5.41) is 15.3. The molecule has 1 N–H and O–H groups in total. The van der Waals surface area contributed by atoms with Gasteiger partial charge in [0, 0.05) is 12.1 Å². The van der Waals surface area contributed by atoms with Gasteiger partial charge >= 0.3 is 0 Å². The van der Waals surface area contributed by atoms with E-state index in [4.69, 9.17) is 11.6 Å². The van der Waals surface area contributed by atoms with E-state index in [0.29, 0.717) is 15.7 Å². The summed E-state index contributed by atoms with van der Waals surface area (Å²) in [5.41, 5.74) is 2.58. The minimum Gasteiger partial charge on any atom is -0.618 e. The molecular weight excluding hydrogens is 308 g/mol. The number of carbonyl (C=O) groups excluding carboxylic acids is 1. The Morgan fingerprint density at radius 3 is 2.81 bits per heavy atom. The van der Waals surface area contributed by atoms with Crippen LogP contribution in [-0.4, -0.2) is 11.7 Å². The summed E-state index contributed by atoms with van der Waals surface area (Å²) < 4.78 is 0.738. The molecule has 1 amide bonds. The third-order valence-corrected chi connectivity index (χ3v) is 4.15. The largest absolute Gasteiger partial charge is 0.618 e. The van der Waals surface area contributed by atoms with E-state index < -0.39 is 0 Å². The quantitative estimate of drug-likeness (QED) is 0.533. The lowest BCUT2D eigenvalue weighted by Crippen LogP contribution is -2.28. The number of benzene rings is 1. The van der Waals surface area contributed by atoms with E-state index in [9.17, 15) is 10.0 Å². The Kier molecular flexibility index (Phi) is 5.09. The van der Waals surface area contributed by atoms with Crippen molar-refractivity contribution in [1.29, 1.82) is 0 Å². The topological polar surface area (TPSA) is 56.0 Å². The van der Waals surface area contributed by atoms with Crippen molar-refractivity contribution in [3.63, 3.8) is 0 Å². The number of nitrogens with zero attached hydrogens (tertiary/aromatic N) is 1. The highest BCUT2D eigenvalue weighted by Gasteiger charge is 2.12. The summed E-state index contributed by atoms with van der Waals surface area (Å²) in [7, 11) is 0. The molecule has 1 heterocycles. The average molecular weight is 323 g/mol. The molecule has 0 aliphatic carbocycles. The Labute approximate surface area is 132 Å². The molecule has 21 heavy (non-hydrogen) atoms. The Hall–Kier alpha value is -1.72. The zero-order valence-corrected chi connectivity index (χ0v) is 13.3. The summed E-state index contributed by atoms with van der Waals surface area (Å²) in [4.78, 5) is 12.0. The lowest BCUT2D eigenvalue weighted by Gasteiger charge is -2.11. The van der Waals surface area contributed by atoms with Crippen molar-refractivity contribution in [3.8, 4) is 0 Å². The maximum atomic E-state index is 12.0. The number of anilines is 1. The number of aryl methyl sites for hydroxylation is 2. The number of thioether (sulfide) groups is 1. The highest BCUT2D eigenvalue weighted by Crippen LogP contribution is 2.27. The van der Waals surface area contributed by atoms with Gasteiger partial charge in [0.15, 0.2) is 6.20 Å². The van der Waals surface area contributed by atoms with Crippen LogP contribution in [0.4, 0.5) is 5.69 Å². The zero-order valence-electron chi connectivity index (χ0n) is 11.7. The van der Waals surface area contributed by atoms with E-state index in [-0.39, 0.29) is 11.7 Å². The molecular formula is C15H15ClN2O2S. The Morgan fingerprint density at radius 1 is 1.38 bits per heavy atom. The van der Waals surface area contributed by atoms with E-state index in [1.54, 1.807) is 24.3 Å². The number of carbonyl (C=O) groups is 1. The van der Waals surface area contributed by atoms with Crippen LogP contribution in [0.15, 0.2) is 41.6 Å². The summed E-state index contributed by atoms with van der Waals surface area (Å²) in [6.07, 6.45) is 1.40. The van der Waals surface area contributed by atoms with Gasteiger partial charge in [-0.25, -0.2) is 0 Å². The molecule has 0 bridgehead atoms. The first-order valence-corrected chi connectivity index (χ1v) is 7.71. The molecule has 0 saturated heterocycles. The van der Waals surface area contributed by atoms with Gasteiger partial charge in [0.25, 0.3) is 5.03 Å². The molecule has 0 spiro atoms. The van der Waals surface area contributed by atoms with Gasteiger partial charge in [0.05, 0.1) is 16.5 Å². The Bertz CT molecular complexity index is 653. The fraction of sp³-hybridized carbons (Fsp3) is 0.200. The molecule has 0 aliphatic heterocycles. The summed E-state index contributed by atoms with van der Waals surface area (Å²) in [6, 6.07) is 8.84. The predicted octanol–water partition coefficient (Wildman–Crippen LogP) is 3.32. The zero-order chi connectivity index (χ0) is 15.4. The second kappa shape index (κ2) is 6.83. The van der Waals surface area contributed by atoms with Crippen LogP contribution in [0.1, 0.15) is 11.1 Å². The molecule has 1 aromatic heterocycles. The highest BCUT2D eigenvalue weighted by atomic mass is 35.5. The Morgan fingerprint density at radius 2 is 2.14 bits per heavy atom. The molecule has 0 saturated carbocycles. The van der Waals surface area contributed by atoms with Crippen LogP contribution in [0, 0.1) is 19.1 Å². The fourth-order valence-corrected chi connectivity index (χ4v) is 3.00. The van der Waals surface area contributed by atoms with Crippen LogP contribution >= 0.6 is 23.4 Å². The molecule has 2 rings (SSSR count). The average Bonchev–Trinajstić information content (AvgIpc) is 2.42. The molecule has 2 aromatic rings. The molecule has 0 radical (unpaired) electrons. The van der Waals surface area contributed by atoms with Crippen molar-refractivity contribution in [2.75, 3.05) is 11.1 Å². The van der Waals surface area contributed by atoms with E-state index in [1.807, 2.05) is 19.9 Å². The molecule has 6 heteroatoms. The minimum atomic E-state index is -0.197. The van der Waals surface area contributed by atoms with Gasteiger partial charge in [0.1, 0.15) is 0 Å². The van der Waals surface area contributed by atoms with Gasteiger partial charge in [-0.2, -0.15) is 4.73 Å². The smallest absolute Gasteiger partial charge is 0.251 e. The van der Waals surface area contributed by atoms with Crippen molar-refractivity contribution in [2.24, 2.45) is 0 Å². The van der Waals surface area contributed by atoms with Gasteiger partial charge < -0.3 is 10.5 Å². The van der Waals surface area contributed by atoms with Crippen molar-refractivity contribution in [1.82, 2.24) is 0 Å². The number of halogens is 1. The lowest BCUT2D eigenvalue weighted by molar-refractivity contribution is -0.645. The van der Waals surface area contributed by atoms with Gasteiger partial charge in [0.2, 0.25) is 5.91 Å². The third-order valence-electron chi connectivity index (χ3n) is 2.84. The number of pyridine rings is 1. The van der Waals surface area contributed by atoms with Crippen LogP contribution in [0.5, 0.6) is 0 Å². The van der Waals surface area contributed by atoms with Gasteiger partial charge in [-0.1, -0.05) is 17.7 Å². The van der Waals surface area contributed by atoms with Gasteiger partial charge in [-0.05, 0) is 48.9 Å². The molecule has 110 valence electrons. The number of rotatable bonds is 4. The fourth-order valence-electron chi connectivity index (χ4n) is 1.91. The summed E-state index contributed by atoms with van der Waals surface area (Å²) >= 11 is 7.33. The normalized spacial score (nSPS) is 10.4. The summed E-state index contributed by atoms with van der Waals surface area (Å²) in [5.74, 6) is -0.0479. The van der Waals surface area contributed by atoms with E-state index in [2.05, 4.69) is 5.32 Å². The van der Waals surface area contributed by atoms with Gasteiger partial charge in [-0.15, -0.1) is 0 Å². The second-order valence-electron chi connectivity index (χ2n) is 4.64. The van der Waals surface area contributed by atoms with Gasteiger partial charge in [-0.3, -0.25) is 4.79 Å². The minimum absolute atomic E-state index is 0.149. The number of hydrogen-bond acceptors (Lipinski definition) is 3. The number of amides is 1. The molecule has 0 unspecified atom stereocenters. The van der Waals surface area contributed by atoms with Crippen LogP contribution < -0.4 is 10.0 Å². The van der Waals surface area contributed by atoms with Crippen LogP contribution in [0.25, 0.3) is 0 Å². The maximum Gasteiger partial charge on any atom is 0.251 e. The lowest BCUT2D eigenvalue weighted by atomic mass is 10.1. The predicted molar refractivity (Wildman–Crippen MR) is 85.7 cm³/mol. The molecule has 4 nitrogen and oxygen atoms in total. The van der Waals surface area contributed by atoms with Crippen molar-refractivity contribution in [3.05, 3.63) is 57.9 Å². The highest BCUT2D eigenvalue weighted by molar-refractivity contribution is 7.99. The van der Waals surface area contributed by atoms with Crippen molar-refractivity contribution < 1.29 is 9.52 Å². The van der Waals surface area contributed by atoms with Crippen LogP contribution in [-0.2, 0) is 4.79 Å². The van der Waals surface area contributed by atoms with Crippen LogP contribution in [0.2, 0.25) is 5.02 Å². The molecule has 0 atom stereocenters.